The maximum Gasteiger partial charge on any atom is 0.305 e. The number of rotatable bonds is 24. The predicted molar refractivity (Wildman–Crippen MR) is 153 cm³/mol. The molecule has 0 radical (unpaired) electrons. The first-order chi connectivity index (χ1) is 18.2. The van der Waals surface area contributed by atoms with E-state index in [1.165, 1.54) is 95.6 Å². The van der Waals surface area contributed by atoms with Crippen LogP contribution in [0, 0.1) is 6.92 Å². The monoisotopic (exact) mass is 538 g/mol. The minimum Gasteiger partial charge on any atom is -0.463 e. The van der Waals surface area contributed by atoms with Gasteiger partial charge in [-0.05, 0) is 25.7 Å². The molecule has 214 valence electrons. The molecule has 5 nitrogen and oxygen atoms in total. The zero-order chi connectivity index (χ0) is 26.4. The van der Waals surface area contributed by atoms with Gasteiger partial charge in [0.2, 0.25) is 5.51 Å². The Morgan fingerprint density at radius 1 is 0.892 bits per heavy atom. The molecule has 1 aromatic heterocycles. The minimum absolute atomic E-state index is 0.108. The number of aromatic nitrogens is 1. The summed E-state index contributed by atoms with van der Waals surface area (Å²) in [5.41, 5.74) is 3.46. The smallest absolute Gasteiger partial charge is 0.305 e. The van der Waals surface area contributed by atoms with E-state index in [9.17, 15) is 4.79 Å². The van der Waals surface area contributed by atoms with E-state index in [-0.39, 0.29) is 18.4 Å². The molecule has 1 aliphatic heterocycles. The average Bonchev–Trinajstić information content (AvgIpc) is 3.53. The standard InChI is InChI=1S/C31H56NO4S/c1-3-4-5-6-7-8-9-10-11-12-13-14-15-16-19-22-31-35-25-29(36-31)24-34-30(33)21-18-17-20-23-32-27-37-26-28(32)2/h26-27,29,31H,3-25H2,1-2H3/q+1/t29-,31-/m1/s1. The van der Waals surface area contributed by atoms with Crippen LogP contribution in [-0.2, 0) is 25.5 Å². The quantitative estimate of drug-likeness (QED) is 0.0752. The fourth-order valence-corrected chi connectivity index (χ4v) is 5.81. The number of carbonyl (C=O) groups is 1. The number of thiazole rings is 1. The number of hydrogen-bond acceptors (Lipinski definition) is 5. The normalized spacial score (nSPS) is 17.5. The van der Waals surface area contributed by atoms with Gasteiger partial charge in [-0.1, -0.05) is 108 Å². The SMILES string of the molecule is CCCCCCCCCCCCCCCCC[C@@H]1OC[C@@H](COC(=O)CCCCC[n+]2cscc2C)O1. The lowest BCUT2D eigenvalue weighted by molar-refractivity contribution is -0.698. The second kappa shape index (κ2) is 21.9. The molecule has 0 N–H and O–H groups in total. The van der Waals surface area contributed by atoms with Crippen LogP contribution in [0.3, 0.4) is 0 Å². The summed E-state index contributed by atoms with van der Waals surface area (Å²) in [5.74, 6) is -0.117. The summed E-state index contributed by atoms with van der Waals surface area (Å²) in [5, 5.41) is 2.16. The van der Waals surface area contributed by atoms with E-state index < -0.39 is 0 Å². The van der Waals surface area contributed by atoms with E-state index in [2.05, 4.69) is 29.3 Å². The van der Waals surface area contributed by atoms with E-state index in [4.69, 9.17) is 14.2 Å². The van der Waals surface area contributed by atoms with Crippen LogP contribution in [0.25, 0.3) is 0 Å². The summed E-state index contributed by atoms with van der Waals surface area (Å²) in [6, 6.07) is 0. The zero-order valence-electron chi connectivity index (χ0n) is 24.1. The number of aryl methyl sites for hydroxylation is 2. The highest BCUT2D eigenvalue weighted by Gasteiger charge is 2.26. The van der Waals surface area contributed by atoms with Crippen LogP contribution >= 0.6 is 11.3 Å². The van der Waals surface area contributed by atoms with Crippen molar-refractivity contribution in [1.82, 2.24) is 0 Å². The van der Waals surface area contributed by atoms with Crippen LogP contribution in [0.5, 0.6) is 0 Å². The van der Waals surface area contributed by atoms with Crippen molar-refractivity contribution in [3.05, 3.63) is 16.6 Å². The third-order valence-corrected chi connectivity index (χ3v) is 8.30. The lowest BCUT2D eigenvalue weighted by Crippen LogP contribution is -2.33. The highest BCUT2D eigenvalue weighted by molar-refractivity contribution is 7.07. The molecule has 37 heavy (non-hydrogen) atoms. The molecule has 0 amide bonds. The van der Waals surface area contributed by atoms with Gasteiger partial charge in [0, 0.05) is 19.8 Å². The van der Waals surface area contributed by atoms with Crippen LogP contribution in [0.1, 0.15) is 141 Å². The first-order valence-electron chi connectivity index (χ1n) is 15.5. The van der Waals surface area contributed by atoms with Crippen molar-refractivity contribution in [1.29, 1.82) is 0 Å². The number of hydrogen-bond donors (Lipinski definition) is 0. The molecule has 0 saturated carbocycles. The number of esters is 1. The van der Waals surface area contributed by atoms with E-state index in [0.29, 0.717) is 19.6 Å². The van der Waals surface area contributed by atoms with Crippen LogP contribution in [0.15, 0.2) is 10.9 Å². The van der Waals surface area contributed by atoms with Crippen molar-refractivity contribution in [2.45, 2.75) is 161 Å². The summed E-state index contributed by atoms with van der Waals surface area (Å²) < 4.78 is 19.4. The second-order valence-corrected chi connectivity index (χ2v) is 11.7. The third-order valence-electron chi connectivity index (χ3n) is 7.45. The topological polar surface area (TPSA) is 48.6 Å². The van der Waals surface area contributed by atoms with Crippen LogP contribution in [-0.4, -0.2) is 31.6 Å². The second-order valence-electron chi connectivity index (χ2n) is 10.9. The van der Waals surface area contributed by atoms with Crippen molar-refractivity contribution >= 4 is 17.3 Å². The highest BCUT2D eigenvalue weighted by Crippen LogP contribution is 2.19. The lowest BCUT2D eigenvalue weighted by atomic mass is 10.0. The summed E-state index contributed by atoms with van der Waals surface area (Å²) >= 11 is 1.73. The lowest BCUT2D eigenvalue weighted by Gasteiger charge is -2.12. The molecule has 6 heteroatoms. The van der Waals surface area contributed by atoms with Crippen LogP contribution in [0.2, 0.25) is 0 Å². The molecular weight excluding hydrogens is 482 g/mol. The maximum absolute atomic E-state index is 12.0. The fraction of sp³-hybridized carbons (Fsp3) is 0.871. The first-order valence-corrected chi connectivity index (χ1v) is 16.5. The predicted octanol–water partition coefficient (Wildman–Crippen LogP) is 8.45. The molecule has 0 unspecified atom stereocenters. The molecule has 1 fully saturated rings. The van der Waals surface area contributed by atoms with E-state index >= 15 is 0 Å². The highest BCUT2D eigenvalue weighted by atomic mass is 32.1. The van der Waals surface area contributed by atoms with E-state index in [1.54, 1.807) is 11.3 Å². The minimum atomic E-state index is -0.122. The van der Waals surface area contributed by atoms with Crippen LogP contribution < -0.4 is 4.57 Å². The van der Waals surface area contributed by atoms with Gasteiger partial charge in [-0.3, -0.25) is 4.79 Å². The van der Waals surface area contributed by atoms with E-state index in [1.807, 2.05) is 0 Å². The van der Waals surface area contributed by atoms with Crippen molar-refractivity contribution in [3.63, 3.8) is 0 Å². The first kappa shape index (κ1) is 32.2. The average molecular weight is 539 g/mol. The van der Waals surface area contributed by atoms with Gasteiger partial charge in [-0.25, -0.2) is 0 Å². The Labute approximate surface area is 231 Å². The molecule has 1 aromatic rings. The Bertz CT molecular complexity index is 680. The largest absolute Gasteiger partial charge is 0.463 e. The Morgan fingerprint density at radius 2 is 1.49 bits per heavy atom. The molecule has 2 heterocycles. The molecule has 1 saturated heterocycles. The molecule has 2 atom stereocenters. The van der Waals surface area contributed by atoms with Crippen molar-refractivity contribution in [2.24, 2.45) is 0 Å². The van der Waals surface area contributed by atoms with Crippen LogP contribution in [0.4, 0.5) is 0 Å². The fourth-order valence-electron chi connectivity index (χ4n) is 5.00. The molecule has 0 aliphatic carbocycles. The molecular formula is C31H56NO4S+. The maximum atomic E-state index is 12.0. The Balaban J connectivity index is 1.31. The summed E-state index contributed by atoms with van der Waals surface area (Å²) in [7, 11) is 0. The summed E-state index contributed by atoms with van der Waals surface area (Å²) in [4.78, 5) is 12.0. The number of ether oxygens (including phenoxy) is 3. The van der Waals surface area contributed by atoms with E-state index in [0.717, 1.165) is 38.6 Å². The van der Waals surface area contributed by atoms with Gasteiger partial charge in [-0.2, -0.15) is 4.57 Å². The Hall–Kier alpha value is -0.980. The molecule has 1 aliphatic rings. The molecule has 0 aromatic carbocycles. The number of unbranched alkanes of at least 4 members (excludes halogenated alkanes) is 16. The van der Waals surface area contributed by atoms with Gasteiger partial charge in [0.1, 0.15) is 19.3 Å². The zero-order valence-corrected chi connectivity index (χ0v) is 24.9. The van der Waals surface area contributed by atoms with Gasteiger partial charge in [0.05, 0.1) is 12.0 Å². The third kappa shape index (κ3) is 16.6. The molecule has 0 bridgehead atoms. The van der Waals surface area contributed by atoms with Gasteiger partial charge < -0.3 is 14.2 Å². The molecule has 0 spiro atoms. The number of nitrogens with zero attached hydrogens (tertiary/aromatic N) is 1. The Morgan fingerprint density at radius 3 is 2.08 bits per heavy atom. The van der Waals surface area contributed by atoms with Crippen molar-refractivity contribution < 1.29 is 23.6 Å². The Kier molecular flexibility index (Phi) is 19.1. The van der Waals surface area contributed by atoms with Gasteiger partial charge in [0.15, 0.2) is 12.0 Å². The summed E-state index contributed by atoms with van der Waals surface area (Å²) in [6.45, 7) is 6.30. The number of carbonyl (C=O) groups excluding carboxylic acids is 1. The molecule has 2 rings (SSSR count). The van der Waals surface area contributed by atoms with Gasteiger partial charge >= 0.3 is 5.97 Å². The summed E-state index contributed by atoms with van der Waals surface area (Å²) in [6.07, 6.45) is 24.9. The van der Waals surface area contributed by atoms with Crippen molar-refractivity contribution in [2.75, 3.05) is 13.2 Å². The van der Waals surface area contributed by atoms with Crippen molar-refractivity contribution in [3.8, 4) is 0 Å². The van der Waals surface area contributed by atoms with Gasteiger partial charge in [-0.15, -0.1) is 0 Å². The van der Waals surface area contributed by atoms with Gasteiger partial charge in [0.25, 0.3) is 0 Å².